The molecule has 1 N–H and O–H groups in total. The van der Waals surface area contributed by atoms with Crippen LogP contribution in [0.4, 0.5) is 5.69 Å². The Labute approximate surface area is 160 Å². The summed E-state index contributed by atoms with van der Waals surface area (Å²) in [5.41, 5.74) is 0.362. The van der Waals surface area contributed by atoms with E-state index in [2.05, 4.69) is 10.3 Å². The molecule has 0 fully saturated rings. The molecule has 1 aromatic heterocycles. The molecule has 0 unspecified atom stereocenters. The molecule has 0 bridgehead atoms. The summed E-state index contributed by atoms with van der Waals surface area (Å²) in [6.07, 6.45) is 0.550. The molecule has 0 aliphatic carbocycles. The van der Waals surface area contributed by atoms with Crippen LogP contribution in [0.5, 0.6) is 0 Å². The fourth-order valence-corrected chi connectivity index (χ4v) is 2.95. The van der Waals surface area contributed by atoms with Crippen LogP contribution in [0.1, 0.15) is 13.8 Å². The molecular weight excluding hydrogens is 383 g/mol. The van der Waals surface area contributed by atoms with Gasteiger partial charge in [0.05, 0.1) is 5.69 Å². The number of hydrogen-bond donors (Lipinski definition) is 1. The van der Waals surface area contributed by atoms with E-state index in [0.29, 0.717) is 10.7 Å². The minimum Gasteiger partial charge on any atom is -0.452 e. The number of hydrogen-bond acceptors (Lipinski definition) is 5. The first-order valence-electron chi connectivity index (χ1n) is 7.41. The summed E-state index contributed by atoms with van der Waals surface area (Å²) in [6.45, 7) is 3.21. The van der Waals surface area contributed by atoms with Crippen molar-refractivity contribution in [2.45, 2.75) is 30.1 Å². The van der Waals surface area contributed by atoms with E-state index >= 15 is 0 Å². The van der Waals surface area contributed by atoms with Gasteiger partial charge in [-0.25, -0.2) is 4.98 Å². The average Bonchev–Trinajstić information content (AvgIpc) is 2.58. The highest BCUT2D eigenvalue weighted by atomic mass is 35.5. The molecule has 2 atom stereocenters. The Bertz CT molecular complexity index is 756. The van der Waals surface area contributed by atoms with Crippen LogP contribution in [-0.4, -0.2) is 28.2 Å². The van der Waals surface area contributed by atoms with Gasteiger partial charge in [0.1, 0.15) is 5.25 Å². The Morgan fingerprint density at radius 2 is 1.84 bits per heavy atom. The molecule has 1 amide bonds. The van der Waals surface area contributed by atoms with Gasteiger partial charge in [0.2, 0.25) is 0 Å². The number of carbonyl (C=O) groups excluding carboxylic acids is 2. The first-order chi connectivity index (χ1) is 11.9. The number of amides is 1. The summed E-state index contributed by atoms with van der Waals surface area (Å²) in [4.78, 5) is 29.0. The van der Waals surface area contributed by atoms with Crippen molar-refractivity contribution >= 4 is 52.5 Å². The van der Waals surface area contributed by atoms with E-state index in [1.165, 1.54) is 24.9 Å². The van der Waals surface area contributed by atoms with Crippen LogP contribution in [0.2, 0.25) is 10.2 Å². The Balaban J connectivity index is 1.89. The lowest BCUT2D eigenvalue weighted by Crippen LogP contribution is -2.32. The molecule has 0 saturated carbocycles. The third-order valence-electron chi connectivity index (χ3n) is 3.14. The second-order valence-corrected chi connectivity index (χ2v) is 7.33. The van der Waals surface area contributed by atoms with Gasteiger partial charge in [0.15, 0.2) is 11.3 Å². The van der Waals surface area contributed by atoms with Gasteiger partial charge in [-0.15, -0.1) is 11.8 Å². The number of carbonyl (C=O) groups is 2. The fraction of sp³-hybridized carbons (Fsp3) is 0.235. The van der Waals surface area contributed by atoms with Crippen LogP contribution >= 0.6 is 35.0 Å². The molecule has 8 heteroatoms. The lowest BCUT2D eigenvalue weighted by atomic mass is 10.3. The molecule has 25 heavy (non-hydrogen) atoms. The molecule has 0 aliphatic rings. The van der Waals surface area contributed by atoms with Crippen molar-refractivity contribution in [3.05, 3.63) is 52.8 Å². The molecule has 5 nitrogen and oxygen atoms in total. The van der Waals surface area contributed by atoms with Gasteiger partial charge in [-0.05, 0) is 50.2 Å². The third kappa shape index (κ3) is 5.92. The SMILES string of the molecule is C[C@H](Sc1ccc(Cl)cc1)C(=O)O[C@H](C)C(=O)Nc1cccnc1Cl. The Hall–Kier alpha value is -1.76. The van der Waals surface area contributed by atoms with E-state index in [-0.39, 0.29) is 5.15 Å². The Morgan fingerprint density at radius 1 is 1.16 bits per heavy atom. The first-order valence-corrected chi connectivity index (χ1v) is 9.04. The number of rotatable bonds is 6. The van der Waals surface area contributed by atoms with Crippen LogP contribution < -0.4 is 5.32 Å². The monoisotopic (exact) mass is 398 g/mol. The number of halogens is 2. The summed E-state index contributed by atoms with van der Waals surface area (Å²) in [5, 5.41) is 2.90. The molecule has 132 valence electrons. The number of esters is 1. The maximum atomic E-state index is 12.2. The number of nitrogens with zero attached hydrogens (tertiary/aromatic N) is 1. The topological polar surface area (TPSA) is 68.3 Å². The first kappa shape index (κ1) is 19.6. The lowest BCUT2D eigenvalue weighted by Gasteiger charge is -2.16. The van der Waals surface area contributed by atoms with Gasteiger partial charge < -0.3 is 10.1 Å². The van der Waals surface area contributed by atoms with E-state index in [1.807, 2.05) is 12.1 Å². The molecule has 0 aliphatic heterocycles. The third-order valence-corrected chi connectivity index (χ3v) is 4.78. The summed E-state index contributed by atoms with van der Waals surface area (Å²) < 4.78 is 5.22. The van der Waals surface area contributed by atoms with E-state index < -0.39 is 23.2 Å². The van der Waals surface area contributed by atoms with Gasteiger partial charge in [0, 0.05) is 16.1 Å². The zero-order valence-electron chi connectivity index (χ0n) is 13.5. The highest BCUT2D eigenvalue weighted by molar-refractivity contribution is 8.00. The molecule has 0 saturated heterocycles. The van der Waals surface area contributed by atoms with Crippen LogP contribution in [0.25, 0.3) is 0 Å². The Morgan fingerprint density at radius 3 is 2.48 bits per heavy atom. The van der Waals surface area contributed by atoms with E-state index in [9.17, 15) is 9.59 Å². The van der Waals surface area contributed by atoms with E-state index in [4.69, 9.17) is 27.9 Å². The highest BCUT2D eigenvalue weighted by Gasteiger charge is 2.23. The second kappa shape index (κ2) is 9.08. The maximum absolute atomic E-state index is 12.2. The quantitative estimate of drug-likeness (QED) is 0.442. The van der Waals surface area contributed by atoms with Gasteiger partial charge in [-0.1, -0.05) is 23.2 Å². The van der Waals surface area contributed by atoms with Gasteiger partial charge in [-0.3, -0.25) is 9.59 Å². The molecule has 1 heterocycles. The van der Waals surface area contributed by atoms with Crippen LogP contribution in [0.15, 0.2) is 47.5 Å². The smallest absolute Gasteiger partial charge is 0.319 e. The Kier molecular flexibility index (Phi) is 7.11. The van der Waals surface area contributed by atoms with Crippen molar-refractivity contribution < 1.29 is 14.3 Å². The van der Waals surface area contributed by atoms with Crippen molar-refractivity contribution in [2.75, 3.05) is 5.32 Å². The predicted molar refractivity (Wildman–Crippen MR) is 100 cm³/mol. The van der Waals surface area contributed by atoms with E-state index in [0.717, 1.165) is 4.90 Å². The van der Waals surface area contributed by atoms with Gasteiger partial charge >= 0.3 is 5.97 Å². The van der Waals surface area contributed by atoms with Crippen LogP contribution in [0, 0.1) is 0 Å². The standard InChI is InChI=1S/C17H16Cl2N2O3S/c1-10(16(22)21-14-4-3-9-20-15(14)19)24-17(23)11(2)25-13-7-5-12(18)6-8-13/h3-11H,1-2H3,(H,21,22)/t10-,11+/m1/s1. The zero-order valence-corrected chi connectivity index (χ0v) is 15.9. The number of ether oxygens (including phenoxy) is 1. The summed E-state index contributed by atoms with van der Waals surface area (Å²) >= 11 is 13.0. The normalized spacial score (nSPS) is 13.0. The number of pyridine rings is 1. The predicted octanol–water partition coefficient (Wildman–Crippen LogP) is 4.44. The summed E-state index contributed by atoms with van der Waals surface area (Å²) in [7, 11) is 0. The fourth-order valence-electron chi connectivity index (χ4n) is 1.80. The minimum atomic E-state index is -0.961. The van der Waals surface area contributed by atoms with Gasteiger partial charge in [-0.2, -0.15) is 0 Å². The van der Waals surface area contributed by atoms with Crippen LogP contribution in [0.3, 0.4) is 0 Å². The molecule has 0 radical (unpaired) electrons. The largest absolute Gasteiger partial charge is 0.452 e. The average molecular weight is 399 g/mol. The summed E-state index contributed by atoms with van der Waals surface area (Å²) in [6, 6.07) is 10.4. The molecule has 2 rings (SSSR count). The van der Waals surface area contributed by atoms with Crippen molar-refractivity contribution in [1.82, 2.24) is 4.98 Å². The lowest BCUT2D eigenvalue weighted by molar-refractivity contribution is -0.152. The minimum absolute atomic E-state index is 0.168. The second-order valence-electron chi connectivity index (χ2n) is 5.12. The number of thioether (sulfide) groups is 1. The van der Waals surface area contributed by atoms with E-state index in [1.54, 1.807) is 31.2 Å². The van der Waals surface area contributed by atoms with Crippen molar-refractivity contribution in [1.29, 1.82) is 0 Å². The van der Waals surface area contributed by atoms with Crippen molar-refractivity contribution in [3.63, 3.8) is 0 Å². The van der Waals surface area contributed by atoms with Crippen molar-refractivity contribution in [2.24, 2.45) is 0 Å². The molecule has 1 aromatic carbocycles. The van der Waals surface area contributed by atoms with Gasteiger partial charge in [0.25, 0.3) is 5.91 Å². The number of aromatic nitrogens is 1. The molecule has 2 aromatic rings. The summed E-state index contributed by atoms with van der Waals surface area (Å²) in [5.74, 6) is -0.966. The molecular formula is C17H16Cl2N2O3S. The highest BCUT2D eigenvalue weighted by Crippen LogP contribution is 2.25. The molecule has 0 spiro atoms. The number of nitrogens with one attached hydrogen (secondary N) is 1. The van der Waals surface area contributed by atoms with Crippen LogP contribution in [-0.2, 0) is 14.3 Å². The zero-order chi connectivity index (χ0) is 18.4. The number of anilines is 1. The maximum Gasteiger partial charge on any atom is 0.319 e. The number of benzene rings is 1. The van der Waals surface area contributed by atoms with Crippen molar-refractivity contribution in [3.8, 4) is 0 Å².